The van der Waals surface area contributed by atoms with E-state index in [1.165, 1.54) is 11.3 Å². The van der Waals surface area contributed by atoms with E-state index in [1.807, 2.05) is 5.38 Å². The maximum absolute atomic E-state index is 11.0. The summed E-state index contributed by atoms with van der Waals surface area (Å²) in [7, 11) is 0. The Bertz CT molecular complexity index is 526. The minimum atomic E-state index is -1.10. The zero-order chi connectivity index (χ0) is 12.3. The molecule has 17 heavy (non-hydrogen) atoms. The molecule has 0 bridgehead atoms. The number of carbonyl (C=O) groups is 1. The van der Waals surface area contributed by atoms with E-state index in [9.17, 15) is 4.79 Å². The van der Waals surface area contributed by atoms with Crippen molar-refractivity contribution in [1.29, 1.82) is 0 Å². The largest absolute Gasteiger partial charge is 0.485 e. The van der Waals surface area contributed by atoms with Crippen LogP contribution in [0.5, 0.6) is 5.75 Å². The molecule has 0 radical (unpaired) electrons. The second kappa shape index (κ2) is 4.92. The molecule has 0 aromatic carbocycles. The summed E-state index contributed by atoms with van der Waals surface area (Å²) < 4.78 is 5.40. The highest BCUT2D eigenvalue weighted by Crippen LogP contribution is 2.18. The summed E-state index contributed by atoms with van der Waals surface area (Å²) in [6.07, 6.45) is 0. The van der Waals surface area contributed by atoms with Crippen LogP contribution in [0, 0.1) is 6.92 Å². The van der Waals surface area contributed by atoms with Gasteiger partial charge in [0, 0.05) is 11.1 Å². The molecule has 0 amide bonds. The number of aryl methyl sites for hydroxylation is 1. The van der Waals surface area contributed by atoms with E-state index in [4.69, 9.17) is 9.84 Å². The lowest BCUT2D eigenvalue weighted by Crippen LogP contribution is -2.06. The van der Waals surface area contributed by atoms with Crippen molar-refractivity contribution in [3.63, 3.8) is 0 Å². The van der Waals surface area contributed by atoms with Crippen molar-refractivity contribution in [2.75, 3.05) is 0 Å². The molecule has 0 unspecified atom stereocenters. The Balaban J connectivity index is 2.17. The highest BCUT2D eigenvalue weighted by Gasteiger charge is 2.13. The van der Waals surface area contributed by atoms with Crippen LogP contribution in [0.1, 0.15) is 21.9 Å². The molecule has 0 spiro atoms. The van der Waals surface area contributed by atoms with Crippen molar-refractivity contribution in [3.8, 4) is 5.75 Å². The van der Waals surface area contributed by atoms with Crippen LogP contribution in [-0.4, -0.2) is 21.0 Å². The molecule has 0 saturated carbocycles. The number of aromatic nitrogens is 2. The van der Waals surface area contributed by atoms with Gasteiger partial charge in [-0.05, 0) is 19.1 Å². The summed E-state index contributed by atoms with van der Waals surface area (Å²) in [5.41, 5.74) is 3.04. The van der Waals surface area contributed by atoms with Gasteiger partial charge in [0.2, 0.25) is 0 Å². The molecule has 0 aliphatic heterocycles. The first-order valence-corrected chi connectivity index (χ1v) is 5.82. The predicted molar refractivity (Wildman–Crippen MR) is 62.4 cm³/mol. The molecule has 0 atom stereocenters. The van der Waals surface area contributed by atoms with Crippen LogP contribution in [-0.2, 0) is 6.61 Å². The summed E-state index contributed by atoms with van der Waals surface area (Å²) in [6.45, 7) is 1.98. The third kappa shape index (κ3) is 2.79. The summed E-state index contributed by atoms with van der Waals surface area (Å²) in [4.78, 5) is 19.0. The fourth-order valence-corrected chi connectivity index (χ4v) is 1.82. The SMILES string of the molecule is Cc1ccc(OCc2cscn2)c(C(=O)O)n1. The normalized spacial score (nSPS) is 10.2. The summed E-state index contributed by atoms with van der Waals surface area (Å²) in [6, 6.07) is 3.32. The third-order valence-electron chi connectivity index (χ3n) is 2.06. The topological polar surface area (TPSA) is 72.3 Å². The quantitative estimate of drug-likeness (QED) is 0.899. The predicted octanol–water partition coefficient (Wildman–Crippen LogP) is 2.12. The molecule has 6 heteroatoms. The number of hydrogen-bond donors (Lipinski definition) is 1. The third-order valence-corrected chi connectivity index (χ3v) is 2.69. The van der Waals surface area contributed by atoms with Crippen LogP contribution in [0.4, 0.5) is 0 Å². The summed E-state index contributed by atoms with van der Waals surface area (Å²) >= 11 is 1.46. The lowest BCUT2D eigenvalue weighted by atomic mass is 10.3. The monoisotopic (exact) mass is 250 g/mol. The van der Waals surface area contributed by atoms with Gasteiger partial charge < -0.3 is 9.84 Å². The standard InChI is InChI=1S/C11H10N2O3S/c1-7-2-3-9(10(13-7)11(14)15)16-4-8-5-17-6-12-8/h2-3,5-6H,4H2,1H3,(H,14,15). The zero-order valence-electron chi connectivity index (χ0n) is 9.08. The van der Waals surface area contributed by atoms with Crippen LogP contribution in [0.3, 0.4) is 0 Å². The van der Waals surface area contributed by atoms with E-state index in [1.54, 1.807) is 24.6 Å². The van der Waals surface area contributed by atoms with E-state index in [2.05, 4.69) is 9.97 Å². The molecule has 0 saturated heterocycles. The molecule has 88 valence electrons. The number of pyridine rings is 1. The maximum Gasteiger partial charge on any atom is 0.358 e. The van der Waals surface area contributed by atoms with Gasteiger partial charge in [-0.25, -0.2) is 14.8 Å². The molecular weight excluding hydrogens is 240 g/mol. The number of hydrogen-bond acceptors (Lipinski definition) is 5. The number of rotatable bonds is 4. The van der Waals surface area contributed by atoms with E-state index < -0.39 is 5.97 Å². The van der Waals surface area contributed by atoms with Crippen molar-refractivity contribution < 1.29 is 14.6 Å². The smallest absolute Gasteiger partial charge is 0.358 e. The number of nitrogens with zero attached hydrogens (tertiary/aromatic N) is 2. The van der Waals surface area contributed by atoms with E-state index in [-0.39, 0.29) is 18.1 Å². The number of carboxylic acids is 1. The Labute approximate surface area is 102 Å². The second-order valence-electron chi connectivity index (χ2n) is 3.37. The van der Waals surface area contributed by atoms with Gasteiger partial charge in [-0.2, -0.15) is 0 Å². The molecule has 2 aromatic rings. The van der Waals surface area contributed by atoms with Gasteiger partial charge in [0.1, 0.15) is 6.61 Å². The molecular formula is C11H10N2O3S. The molecule has 1 N–H and O–H groups in total. The van der Waals surface area contributed by atoms with Gasteiger partial charge in [-0.3, -0.25) is 0 Å². The average Bonchev–Trinajstić information content (AvgIpc) is 2.80. The van der Waals surface area contributed by atoms with E-state index >= 15 is 0 Å². The van der Waals surface area contributed by atoms with Crippen molar-refractivity contribution in [2.45, 2.75) is 13.5 Å². The molecule has 0 aliphatic rings. The van der Waals surface area contributed by atoms with Gasteiger partial charge in [-0.15, -0.1) is 11.3 Å². The fraction of sp³-hybridized carbons (Fsp3) is 0.182. The Morgan fingerprint density at radius 2 is 2.35 bits per heavy atom. The summed E-state index contributed by atoms with van der Waals surface area (Å²) in [5.74, 6) is -0.835. The van der Waals surface area contributed by atoms with Gasteiger partial charge in [0.25, 0.3) is 0 Å². The van der Waals surface area contributed by atoms with E-state index in [0.717, 1.165) is 5.69 Å². The highest BCUT2D eigenvalue weighted by atomic mass is 32.1. The fourth-order valence-electron chi connectivity index (χ4n) is 1.27. The number of carboxylic acid groups (broad SMARTS) is 1. The molecule has 5 nitrogen and oxygen atoms in total. The molecule has 2 aromatic heterocycles. The first kappa shape index (κ1) is 11.5. The average molecular weight is 250 g/mol. The zero-order valence-corrected chi connectivity index (χ0v) is 9.90. The number of ether oxygens (including phenoxy) is 1. The summed E-state index contributed by atoms with van der Waals surface area (Å²) in [5, 5.41) is 10.8. The highest BCUT2D eigenvalue weighted by molar-refractivity contribution is 7.07. The van der Waals surface area contributed by atoms with Crippen LogP contribution >= 0.6 is 11.3 Å². The molecule has 2 rings (SSSR count). The lowest BCUT2D eigenvalue weighted by molar-refractivity contribution is 0.0684. The van der Waals surface area contributed by atoms with Crippen LogP contribution in [0.25, 0.3) is 0 Å². The van der Waals surface area contributed by atoms with Gasteiger partial charge in [0.05, 0.1) is 11.2 Å². The van der Waals surface area contributed by atoms with Crippen molar-refractivity contribution >= 4 is 17.3 Å². The number of aromatic carboxylic acids is 1. The molecule has 0 aliphatic carbocycles. The first-order chi connectivity index (χ1) is 8.16. The van der Waals surface area contributed by atoms with Gasteiger partial charge >= 0.3 is 5.97 Å². The molecule has 0 fully saturated rings. The minimum Gasteiger partial charge on any atom is -0.485 e. The Kier molecular flexibility index (Phi) is 3.34. The Morgan fingerprint density at radius 3 is 3.00 bits per heavy atom. The second-order valence-corrected chi connectivity index (χ2v) is 4.09. The van der Waals surface area contributed by atoms with Crippen molar-refractivity contribution in [1.82, 2.24) is 9.97 Å². The van der Waals surface area contributed by atoms with Crippen LogP contribution in [0.2, 0.25) is 0 Å². The minimum absolute atomic E-state index is 0.0692. The first-order valence-electron chi connectivity index (χ1n) is 4.87. The van der Waals surface area contributed by atoms with Crippen molar-refractivity contribution in [2.24, 2.45) is 0 Å². The van der Waals surface area contributed by atoms with Crippen molar-refractivity contribution in [3.05, 3.63) is 40.1 Å². The van der Waals surface area contributed by atoms with Crippen LogP contribution in [0.15, 0.2) is 23.0 Å². The van der Waals surface area contributed by atoms with Crippen LogP contribution < -0.4 is 4.74 Å². The Morgan fingerprint density at radius 1 is 1.53 bits per heavy atom. The Hall–Kier alpha value is -1.95. The van der Waals surface area contributed by atoms with Gasteiger partial charge in [-0.1, -0.05) is 0 Å². The number of thiazole rings is 1. The van der Waals surface area contributed by atoms with E-state index in [0.29, 0.717) is 5.69 Å². The lowest BCUT2D eigenvalue weighted by Gasteiger charge is -2.07. The maximum atomic E-state index is 11.0. The van der Waals surface area contributed by atoms with Gasteiger partial charge in [0.15, 0.2) is 11.4 Å². The molecule has 2 heterocycles.